The molecule has 0 aliphatic carbocycles. The number of nitrogens with one attached hydrogen (secondary N) is 2. The van der Waals surface area contributed by atoms with Crippen LogP contribution in [0, 0.1) is 11.6 Å². The predicted molar refractivity (Wildman–Crippen MR) is 108 cm³/mol. The summed E-state index contributed by atoms with van der Waals surface area (Å²) in [6.45, 7) is 2.85. The number of rotatable bonds is 9. The van der Waals surface area contributed by atoms with Gasteiger partial charge in [-0.3, -0.25) is 14.4 Å². The number of benzene rings is 2. The van der Waals surface area contributed by atoms with Crippen molar-refractivity contribution in [3.8, 4) is 0 Å². The maximum atomic E-state index is 13.3. The van der Waals surface area contributed by atoms with Crippen molar-refractivity contribution < 1.29 is 23.2 Å². The van der Waals surface area contributed by atoms with Gasteiger partial charge in [-0.2, -0.15) is 0 Å². The van der Waals surface area contributed by atoms with Crippen molar-refractivity contribution in [2.45, 2.75) is 44.8 Å². The van der Waals surface area contributed by atoms with E-state index in [9.17, 15) is 23.2 Å². The first-order chi connectivity index (χ1) is 14.2. The first-order valence-electron chi connectivity index (χ1n) is 9.52. The van der Waals surface area contributed by atoms with Gasteiger partial charge in [0.2, 0.25) is 11.8 Å². The summed E-state index contributed by atoms with van der Waals surface area (Å²) < 4.78 is 26.3. The van der Waals surface area contributed by atoms with Crippen LogP contribution in [0.25, 0.3) is 0 Å². The third-order valence-corrected chi connectivity index (χ3v) is 4.62. The number of carbonyl (C=O) groups is 3. The lowest BCUT2D eigenvalue weighted by atomic mass is 10.0. The molecule has 3 unspecified atom stereocenters. The molecule has 2 aromatic carbocycles. The summed E-state index contributed by atoms with van der Waals surface area (Å²) in [5.41, 5.74) is 7.07. The van der Waals surface area contributed by atoms with Crippen LogP contribution in [0.15, 0.2) is 48.5 Å². The number of hydrogen-bond donors (Lipinski definition) is 3. The summed E-state index contributed by atoms with van der Waals surface area (Å²) in [7, 11) is 0. The highest BCUT2D eigenvalue weighted by Gasteiger charge is 2.24. The molecule has 2 amide bonds. The van der Waals surface area contributed by atoms with Crippen molar-refractivity contribution in [3.05, 3.63) is 71.3 Å². The Hall–Kier alpha value is -3.13. The Kier molecular flexibility index (Phi) is 8.17. The Morgan fingerprint density at radius 3 is 2.17 bits per heavy atom. The first kappa shape index (κ1) is 23.2. The van der Waals surface area contributed by atoms with Crippen LogP contribution in [0.4, 0.5) is 8.78 Å². The minimum absolute atomic E-state index is 0.0263. The molecule has 0 saturated heterocycles. The molecule has 6 nitrogen and oxygen atoms in total. The van der Waals surface area contributed by atoms with Gasteiger partial charge in [-0.1, -0.05) is 36.4 Å². The molecule has 3 atom stereocenters. The van der Waals surface area contributed by atoms with Crippen LogP contribution in [0.2, 0.25) is 0 Å². The molecule has 2 rings (SSSR count). The fraction of sp³-hybridized carbons (Fsp3) is 0.318. The van der Waals surface area contributed by atoms with Gasteiger partial charge in [0, 0.05) is 0 Å². The van der Waals surface area contributed by atoms with Gasteiger partial charge >= 0.3 is 0 Å². The Morgan fingerprint density at radius 2 is 1.57 bits per heavy atom. The molecule has 30 heavy (non-hydrogen) atoms. The molecule has 0 saturated carbocycles. The van der Waals surface area contributed by atoms with E-state index in [4.69, 9.17) is 5.73 Å². The van der Waals surface area contributed by atoms with Gasteiger partial charge in [0.1, 0.15) is 6.04 Å². The Morgan fingerprint density at radius 1 is 0.900 bits per heavy atom. The highest BCUT2D eigenvalue weighted by atomic mass is 19.2. The quantitative estimate of drug-likeness (QED) is 0.578. The summed E-state index contributed by atoms with van der Waals surface area (Å²) in [4.78, 5) is 36.6. The average Bonchev–Trinajstić information content (AvgIpc) is 2.70. The van der Waals surface area contributed by atoms with E-state index in [0.717, 1.165) is 17.7 Å². The molecule has 0 aromatic heterocycles. The van der Waals surface area contributed by atoms with Gasteiger partial charge in [0.25, 0.3) is 0 Å². The molecule has 0 spiro atoms. The molecular formula is C22H25F2N3O3. The van der Waals surface area contributed by atoms with Crippen molar-refractivity contribution in [2.75, 3.05) is 0 Å². The lowest BCUT2D eigenvalue weighted by molar-refractivity contribution is -0.131. The summed E-state index contributed by atoms with van der Waals surface area (Å²) in [6.07, 6.45) is 0.305. The lowest BCUT2D eigenvalue weighted by Crippen LogP contribution is -2.53. The van der Waals surface area contributed by atoms with E-state index < -0.39 is 41.6 Å². The summed E-state index contributed by atoms with van der Waals surface area (Å²) >= 11 is 0. The van der Waals surface area contributed by atoms with Gasteiger partial charge in [0.05, 0.1) is 12.1 Å². The minimum Gasteiger partial charge on any atom is -0.344 e. The van der Waals surface area contributed by atoms with E-state index in [1.165, 1.54) is 19.9 Å². The van der Waals surface area contributed by atoms with Gasteiger partial charge in [-0.25, -0.2) is 8.78 Å². The highest BCUT2D eigenvalue weighted by molar-refractivity contribution is 5.92. The maximum absolute atomic E-state index is 13.3. The van der Waals surface area contributed by atoms with Crippen molar-refractivity contribution in [3.63, 3.8) is 0 Å². The monoisotopic (exact) mass is 417 g/mol. The second-order valence-corrected chi connectivity index (χ2v) is 7.15. The third kappa shape index (κ3) is 6.73. The second kappa shape index (κ2) is 10.6. The van der Waals surface area contributed by atoms with Crippen molar-refractivity contribution in [1.82, 2.24) is 10.6 Å². The van der Waals surface area contributed by atoms with Crippen molar-refractivity contribution in [1.29, 1.82) is 0 Å². The molecule has 8 heteroatoms. The standard InChI is InChI=1S/C22H25F2N3O3/c1-13(21(29)27-20(14(2)28)12-15-6-4-3-5-7-15)26-22(30)19(25)11-16-8-9-17(23)18(24)10-16/h3-10,13,19-20H,11-12,25H2,1-2H3,(H,26,30)(H,27,29). The van der Waals surface area contributed by atoms with Crippen molar-refractivity contribution in [2.24, 2.45) is 5.73 Å². The van der Waals surface area contributed by atoms with E-state index in [-0.39, 0.29) is 12.2 Å². The largest absolute Gasteiger partial charge is 0.344 e. The van der Waals surface area contributed by atoms with E-state index in [0.29, 0.717) is 12.0 Å². The summed E-state index contributed by atoms with van der Waals surface area (Å²) in [5.74, 6) is -3.37. The summed E-state index contributed by atoms with van der Waals surface area (Å²) in [5, 5.41) is 5.12. The molecule has 0 aliphatic rings. The van der Waals surface area contributed by atoms with Crippen LogP contribution in [0.1, 0.15) is 25.0 Å². The molecule has 4 N–H and O–H groups in total. The number of halogens is 2. The topological polar surface area (TPSA) is 101 Å². The first-order valence-corrected chi connectivity index (χ1v) is 9.52. The number of Topliss-reactive ketones (excluding diaryl/α,β-unsaturated/α-hetero) is 1. The zero-order chi connectivity index (χ0) is 22.3. The summed E-state index contributed by atoms with van der Waals surface area (Å²) in [6, 6.07) is 9.78. The number of hydrogen-bond acceptors (Lipinski definition) is 4. The SMILES string of the molecule is CC(=O)C(Cc1ccccc1)NC(=O)C(C)NC(=O)C(N)Cc1ccc(F)c(F)c1. The normalized spacial score (nSPS) is 13.8. The molecule has 0 bridgehead atoms. The minimum atomic E-state index is -1.06. The van der Waals surface area contributed by atoms with Gasteiger partial charge in [-0.05, 0) is 49.9 Å². The van der Waals surface area contributed by atoms with Crippen LogP contribution >= 0.6 is 0 Å². The van der Waals surface area contributed by atoms with E-state index in [1.807, 2.05) is 30.3 Å². The van der Waals surface area contributed by atoms with Crippen LogP contribution in [-0.4, -0.2) is 35.7 Å². The van der Waals surface area contributed by atoms with E-state index >= 15 is 0 Å². The number of carbonyl (C=O) groups excluding carboxylic acids is 3. The van der Waals surface area contributed by atoms with E-state index in [2.05, 4.69) is 10.6 Å². The van der Waals surface area contributed by atoms with Crippen LogP contribution in [0.3, 0.4) is 0 Å². The average molecular weight is 417 g/mol. The zero-order valence-corrected chi connectivity index (χ0v) is 16.8. The number of ketones is 1. The third-order valence-electron chi connectivity index (χ3n) is 4.62. The molecule has 0 radical (unpaired) electrons. The van der Waals surface area contributed by atoms with Gasteiger partial charge in [0.15, 0.2) is 17.4 Å². The van der Waals surface area contributed by atoms with Crippen LogP contribution < -0.4 is 16.4 Å². The molecule has 0 fully saturated rings. The number of amides is 2. The fourth-order valence-electron chi connectivity index (χ4n) is 2.84. The molecule has 160 valence electrons. The fourth-order valence-corrected chi connectivity index (χ4v) is 2.84. The Balaban J connectivity index is 1.91. The second-order valence-electron chi connectivity index (χ2n) is 7.15. The smallest absolute Gasteiger partial charge is 0.242 e. The van der Waals surface area contributed by atoms with E-state index in [1.54, 1.807) is 0 Å². The molecule has 2 aromatic rings. The van der Waals surface area contributed by atoms with Crippen molar-refractivity contribution >= 4 is 17.6 Å². The zero-order valence-electron chi connectivity index (χ0n) is 16.8. The molecular weight excluding hydrogens is 392 g/mol. The highest BCUT2D eigenvalue weighted by Crippen LogP contribution is 2.10. The van der Waals surface area contributed by atoms with Crippen LogP contribution in [0.5, 0.6) is 0 Å². The Bertz CT molecular complexity index is 906. The number of nitrogens with two attached hydrogens (primary N) is 1. The molecule has 0 aliphatic heterocycles. The van der Waals surface area contributed by atoms with Gasteiger partial charge < -0.3 is 16.4 Å². The predicted octanol–water partition coefficient (Wildman–Crippen LogP) is 1.66. The van der Waals surface area contributed by atoms with Crippen LogP contribution in [-0.2, 0) is 27.2 Å². The Labute approximate surface area is 173 Å². The van der Waals surface area contributed by atoms with Gasteiger partial charge in [-0.15, -0.1) is 0 Å². The maximum Gasteiger partial charge on any atom is 0.242 e. The molecule has 0 heterocycles. The lowest BCUT2D eigenvalue weighted by Gasteiger charge is -2.21.